The van der Waals surface area contributed by atoms with Crippen molar-refractivity contribution >= 4 is 21.7 Å². The van der Waals surface area contributed by atoms with Crippen LogP contribution in [-0.2, 0) is 11.3 Å². The molecule has 1 heterocycles. The lowest BCUT2D eigenvalue weighted by molar-refractivity contribution is 0.128. The van der Waals surface area contributed by atoms with Crippen LogP contribution in [0.15, 0.2) is 28.7 Å². The van der Waals surface area contributed by atoms with Gasteiger partial charge < -0.3 is 15.2 Å². The van der Waals surface area contributed by atoms with Crippen molar-refractivity contribution in [3.8, 4) is 11.6 Å². The summed E-state index contributed by atoms with van der Waals surface area (Å²) in [6.45, 7) is 2.68. The number of hydrogen-bond acceptors (Lipinski definition) is 5. The second kappa shape index (κ2) is 6.62. The minimum atomic E-state index is -0.358. The number of benzene rings is 1. The second-order valence-corrected chi connectivity index (χ2v) is 4.72. The van der Waals surface area contributed by atoms with E-state index in [-0.39, 0.29) is 24.1 Å². The summed E-state index contributed by atoms with van der Waals surface area (Å²) in [5.41, 5.74) is 5.69. The summed E-state index contributed by atoms with van der Waals surface area (Å²) in [6, 6.07) is 5.60. The van der Waals surface area contributed by atoms with Crippen LogP contribution < -0.4 is 10.5 Å². The average molecular weight is 342 g/mol. The minimum Gasteiger partial charge on any atom is -0.438 e. The van der Waals surface area contributed by atoms with Crippen LogP contribution in [0, 0.1) is 5.82 Å². The number of rotatable bonds is 5. The summed E-state index contributed by atoms with van der Waals surface area (Å²) >= 11 is 3.22. The Morgan fingerprint density at radius 2 is 2.10 bits per heavy atom. The number of nitrogen functional groups attached to an aromatic ring is 1. The quantitative estimate of drug-likeness (QED) is 0.903. The Morgan fingerprint density at radius 1 is 1.30 bits per heavy atom. The van der Waals surface area contributed by atoms with E-state index in [4.69, 9.17) is 15.2 Å². The highest BCUT2D eigenvalue weighted by Crippen LogP contribution is 2.29. The van der Waals surface area contributed by atoms with Crippen LogP contribution in [0.3, 0.4) is 0 Å². The van der Waals surface area contributed by atoms with Gasteiger partial charge in [-0.25, -0.2) is 9.37 Å². The lowest BCUT2D eigenvalue weighted by atomic mass is 10.3. The molecule has 5 nitrogen and oxygen atoms in total. The van der Waals surface area contributed by atoms with Gasteiger partial charge in [0.2, 0.25) is 5.88 Å². The molecule has 0 saturated carbocycles. The Bertz CT molecular complexity index is 610. The fraction of sp³-hybridized carbons (Fsp3) is 0.231. The number of nitrogens with zero attached hydrogens (tertiary/aromatic N) is 2. The molecule has 0 bridgehead atoms. The fourth-order valence-electron chi connectivity index (χ4n) is 1.47. The van der Waals surface area contributed by atoms with Crippen LogP contribution in [-0.4, -0.2) is 16.6 Å². The normalized spacial score (nSPS) is 10.6. The van der Waals surface area contributed by atoms with Crippen LogP contribution in [0.2, 0.25) is 0 Å². The SMILES string of the molecule is CCOCc1nc(N)cc(Oc2ccc(F)cc2Br)n1. The van der Waals surface area contributed by atoms with Crippen molar-refractivity contribution in [1.82, 2.24) is 9.97 Å². The topological polar surface area (TPSA) is 70.3 Å². The van der Waals surface area contributed by atoms with E-state index < -0.39 is 0 Å². The molecule has 0 atom stereocenters. The van der Waals surface area contributed by atoms with Crippen LogP contribution in [0.4, 0.5) is 10.2 Å². The van der Waals surface area contributed by atoms with Gasteiger partial charge in [-0.3, -0.25) is 0 Å². The van der Waals surface area contributed by atoms with Crippen molar-refractivity contribution in [2.45, 2.75) is 13.5 Å². The largest absolute Gasteiger partial charge is 0.438 e. The predicted molar refractivity (Wildman–Crippen MR) is 75.9 cm³/mol. The van der Waals surface area contributed by atoms with Crippen molar-refractivity contribution in [1.29, 1.82) is 0 Å². The zero-order valence-corrected chi connectivity index (χ0v) is 12.4. The number of aromatic nitrogens is 2. The summed E-state index contributed by atoms with van der Waals surface area (Å²) in [5.74, 6) is 1.07. The number of hydrogen-bond donors (Lipinski definition) is 1. The van der Waals surface area contributed by atoms with E-state index in [1.54, 1.807) is 0 Å². The van der Waals surface area contributed by atoms with Gasteiger partial charge in [0.1, 0.15) is 24.0 Å². The Labute approximate surface area is 124 Å². The predicted octanol–water partition coefficient (Wildman–Crippen LogP) is 3.29. The Hall–Kier alpha value is -1.73. The van der Waals surface area contributed by atoms with E-state index in [0.29, 0.717) is 22.7 Å². The molecule has 7 heteroatoms. The molecule has 0 unspecified atom stereocenters. The summed E-state index contributed by atoms with van der Waals surface area (Å²) in [5, 5.41) is 0. The van der Waals surface area contributed by atoms with Gasteiger partial charge in [0.25, 0.3) is 0 Å². The highest BCUT2D eigenvalue weighted by Gasteiger charge is 2.08. The monoisotopic (exact) mass is 341 g/mol. The van der Waals surface area contributed by atoms with Gasteiger partial charge in [-0.2, -0.15) is 4.98 Å². The molecule has 0 saturated heterocycles. The maximum atomic E-state index is 13.0. The maximum absolute atomic E-state index is 13.0. The third kappa shape index (κ3) is 3.88. The molecule has 1 aromatic heterocycles. The molecule has 0 amide bonds. The van der Waals surface area contributed by atoms with Crippen LogP contribution in [0.5, 0.6) is 11.6 Å². The standard InChI is InChI=1S/C13H13BrFN3O2/c1-2-19-7-12-17-11(16)6-13(18-12)20-10-4-3-8(15)5-9(10)14/h3-6H,2,7H2,1H3,(H2,16,17,18). The molecule has 0 fully saturated rings. The number of ether oxygens (including phenoxy) is 2. The summed E-state index contributed by atoms with van der Waals surface area (Å²) in [6.07, 6.45) is 0. The zero-order chi connectivity index (χ0) is 14.5. The van der Waals surface area contributed by atoms with E-state index in [2.05, 4.69) is 25.9 Å². The zero-order valence-electron chi connectivity index (χ0n) is 10.8. The maximum Gasteiger partial charge on any atom is 0.224 e. The molecule has 0 spiro atoms. The first-order valence-electron chi connectivity index (χ1n) is 5.92. The molecule has 0 radical (unpaired) electrons. The Morgan fingerprint density at radius 3 is 2.80 bits per heavy atom. The van der Waals surface area contributed by atoms with Crippen molar-refractivity contribution in [3.63, 3.8) is 0 Å². The molecule has 2 aromatic rings. The average Bonchev–Trinajstić information content (AvgIpc) is 2.39. The molecule has 20 heavy (non-hydrogen) atoms. The van der Waals surface area contributed by atoms with E-state index in [1.165, 1.54) is 24.3 Å². The van der Waals surface area contributed by atoms with Crippen molar-refractivity contribution in [3.05, 3.63) is 40.4 Å². The number of halogens is 2. The molecule has 2 N–H and O–H groups in total. The molecule has 0 aliphatic heterocycles. The van der Waals surface area contributed by atoms with Gasteiger partial charge in [0.05, 0.1) is 4.47 Å². The highest BCUT2D eigenvalue weighted by atomic mass is 79.9. The molecular weight excluding hydrogens is 329 g/mol. The van der Waals surface area contributed by atoms with Crippen LogP contribution >= 0.6 is 15.9 Å². The Balaban J connectivity index is 2.21. The first-order chi connectivity index (χ1) is 9.58. The molecule has 1 aromatic carbocycles. The van der Waals surface area contributed by atoms with Gasteiger partial charge in [-0.05, 0) is 41.1 Å². The van der Waals surface area contributed by atoms with E-state index >= 15 is 0 Å². The molecule has 2 rings (SSSR count). The Kier molecular flexibility index (Phi) is 4.86. The van der Waals surface area contributed by atoms with Crippen molar-refractivity contribution in [2.75, 3.05) is 12.3 Å². The first kappa shape index (κ1) is 14.7. The lowest BCUT2D eigenvalue weighted by Gasteiger charge is -2.09. The number of anilines is 1. The molecule has 0 aliphatic rings. The first-order valence-corrected chi connectivity index (χ1v) is 6.72. The number of nitrogens with two attached hydrogens (primary N) is 1. The third-order valence-corrected chi connectivity index (χ3v) is 2.93. The van der Waals surface area contributed by atoms with Crippen LogP contribution in [0.25, 0.3) is 0 Å². The van der Waals surface area contributed by atoms with Crippen molar-refractivity contribution < 1.29 is 13.9 Å². The summed E-state index contributed by atoms with van der Waals surface area (Å²) in [4.78, 5) is 8.22. The van der Waals surface area contributed by atoms with Gasteiger partial charge in [0.15, 0.2) is 5.82 Å². The van der Waals surface area contributed by atoms with E-state index in [9.17, 15) is 4.39 Å². The second-order valence-electron chi connectivity index (χ2n) is 3.86. The van der Waals surface area contributed by atoms with Gasteiger partial charge in [-0.15, -0.1) is 0 Å². The minimum absolute atomic E-state index is 0.252. The molecule has 0 aliphatic carbocycles. The van der Waals surface area contributed by atoms with Crippen molar-refractivity contribution in [2.24, 2.45) is 0 Å². The summed E-state index contributed by atoms with van der Waals surface area (Å²) in [7, 11) is 0. The van der Waals surface area contributed by atoms with Gasteiger partial charge >= 0.3 is 0 Å². The van der Waals surface area contributed by atoms with Crippen LogP contribution in [0.1, 0.15) is 12.7 Å². The molecular formula is C13H13BrFN3O2. The summed E-state index contributed by atoms with van der Waals surface area (Å²) < 4.78 is 24.3. The molecule has 106 valence electrons. The van der Waals surface area contributed by atoms with Gasteiger partial charge in [-0.1, -0.05) is 0 Å². The fourth-order valence-corrected chi connectivity index (χ4v) is 1.90. The third-order valence-electron chi connectivity index (χ3n) is 2.31. The lowest BCUT2D eigenvalue weighted by Crippen LogP contribution is -2.03. The highest BCUT2D eigenvalue weighted by molar-refractivity contribution is 9.10. The van der Waals surface area contributed by atoms with Gasteiger partial charge in [0, 0.05) is 12.7 Å². The van der Waals surface area contributed by atoms with E-state index in [1.807, 2.05) is 6.92 Å². The smallest absolute Gasteiger partial charge is 0.224 e. The van der Waals surface area contributed by atoms with E-state index in [0.717, 1.165) is 0 Å².